The van der Waals surface area contributed by atoms with Gasteiger partial charge in [0.2, 0.25) is 0 Å². The molecule has 110 valence electrons. The third kappa shape index (κ3) is 3.14. The molecule has 0 bridgehead atoms. The Morgan fingerprint density at radius 1 is 1.00 bits per heavy atom. The van der Waals surface area contributed by atoms with Crippen molar-refractivity contribution in [3.63, 3.8) is 0 Å². The highest BCUT2D eigenvalue weighted by molar-refractivity contribution is 4.95. The molecule has 3 heteroatoms. The van der Waals surface area contributed by atoms with Gasteiger partial charge in [-0.05, 0) is 44.7 Å². The number of rotatable bonds is 4. The Bertz CT molecular complexity index is 292. The second kappa shape index (κ2) is 6.11. The zero-order valence-corrected chi connectivity index (χ0v) is 12.8. The molecule has 3 nitrogen and oxygen atoms in total. The molecular formula is C16H31N3. The van der Waals surface area contributed by atoms with E-state index in [1.807, 2.05) is 0 Å². The number of fused-ring (bicyclic) bond motifs is 1. The fourth-order valence-electron chi connectivity index (χ4n) is 4.14. The second-order valence-corrected chi connectivity index (χ2v) is 7.15. The van der Waals surface area contributed by atoms with E-state index in [0.29, 0.717) is 6.04 Å². The van der Waals surface area contributed by atoms with Crippen molar-refractivity contribution in [2.45, 2.75) is 64.1 Å². The smallest absolute Gasteiger partial charge is 0.0223 e. The molecule has 0 aromatic carbocycles. The second-order valence-electron chi connectivity index (χ2n) is 7.15. The van der Waals surface area contributed by atoms with Gasteiger partial charge in [-0.15, -0.1) is 0 Å². The molecule has 3 rings (SSSR count). The van der Waals surface area contributed by atoms with Crippen molar-refractivity contribution in [3.05, 3.63) is 0 Å². The number of nitrogens with zero attached hydrogens (tertiary/aromatic N) is 2. The van der Waals surface area contributed by atoms with Crippen LogP contribution in [0.5, 0.6) is 0 Å². The van der Waals surface area contributed by atoms with Crippen LogP contribution >= 0.6 is 0 Å². The number of hydrogen-bond donors (Lipinski definition) is 1. The predicted octanol–water partition coefficient (Wildman–Crippen LogP) is 1.93. The summed E-state index contributed by atoms with van der Waals surface area (Å²) in [6.07, 6.45) is 7.21. The van der Waals surface area contributed by atoms with Gasteiger partial charge in [0.1, 0.15) is 0 Å². The van der Waals surface area contributed by atoms with Crippen LogP contribution in [0.25, 0.3) is 0 Å². The molecule has 0 amide bonds. The van der Waals surface area contributed by atoms with Crippen LogP contribution in [-0.4, -0.2) is 60.6 Å². The predicted molar refractivity (Wildman–Crippen MR) is 80.4 cm³/mol. The highest BCUT2D eigenvalue weighted by Crippen LogP contribution is 2.34. The molecule has 2 heterocycles. The van der Waals surface area contributed by atoms with Gasteiger partial charge >= 0.3 is 0 Å². The van der Waals surface area contributed by atoms with Crippen LogP contribution in [0.2, 0.25) is 0 Å². The van der Waals surface area contributed by atoms with Crippen molar-refractivity contribution in [3.8, 4) is 0 Å². The van der Waals surface area contributed by atoms with Crippen LogP contribution < -0.4 is 5.32 Å². The van der Waals surface area contributed by atoms with Gasteiger partial charge in [-0.2, -0.15) is 0 Å². The summed E-state index contributed by atoms with van der Waals surface area (Å²) < 4.78 is 0. The standard InChI is InChI=1S/C16H31N3/c1-13(2)17-11-14-6-7-16(14)19-10-9-18-8-4-3-5-15(18)12-19/h13-17H,3-12H2,1-2H3. The first-order chi connectivity index (χ1) is 9.24. The Labute approximate surface area is 118 Å². The van der Waals surface area contributed by atoms with Crippen molar-refractivity contribution < 1.29 is 0 Å². The first-order valence-corrected chi connectivity index (χ1v) is 8.45. The number of piperidine rings is 1. The minimum absolute atomic E-state index is 0.636. The molecule has 3 aliphatic rings. The summed E-state index contributed by atoms with van der Waals surface area (Å²) in [5.41, 5.74) is 0. The van der Waals surface area contributed by atoms with Gasteiger partial charge in [0, 0.05) is 37.8 Å². The average Bonchev–Trinajstić information content (AvgIpc) is 2.37. The first-order valence-electron chi connectivity index (χ1n) is 8.45. The lowest BCUT2D eigenvalue weighted by Gasteiger charge is -2.51. The Morgan fingerprint density at radius 3 is 2.58 bits per heavy atom. The highest BCUT2D eigenvalue weighted by atomic mass is 15.3. The molecule has 3 atom stereocenters. The van der Waals surface area contributed by atoms with Gasteiger partial charge < -0.3 is 5.32 Å². The SMILES string of the molecule is CC(C)NCC1CCC1N1CCN2CCCCC2C1. The van der Waals surface area contributed by atoms with E-state index >= 15 is 0 Å². The molecule has 2 saturated heterocycles. The molecule has 1 N–H and O–H groups in total. The summed E-state index contributed by atoms with van der Waals surface area (Å²) in [6.45, 7) is 11.1. The van der Waals surface area contributed by atoms with Crippen LogP contribution in [0.3, 0.4) is 0 Å². The lowest BCUT2D eigenvalue weighted by atomic mass is 9.77. The summed E-state index contributed by atoms with van der Waals surface area (Å²) in [5.74, 6) is 0.914. The monoisotopic (exact) mass is 265 g/mol. The zero-order chi connectivity index (χ0) is 13.2. The Hall–Kier alpha value is -0.120. The van der Waals surface area contributed by atoms with E-state index in [1.165, 1.54) is 64.8 Å². The van der Waals surface area contributed by atoms with Crippen molar-refractivity contribution in [1.82, 2.24) is 15.1 Å². The third-order valence-corrected chi connectivity index (χ3v) is 5.50. The molecule has 0 aromatic rings. The quantitative estimate of drug-likeness (QED) is 0.838. The molecule has 1 aliphatic carbocycles. The molecule has 3 fully saturated rings. The van der Waals surface area contributed by atoms with Gasteiger partial charge in [-0.3, -0.25) is 9.80 Å². The van der Waals surface area contributed by atoms with E-state index in [1.54, 1.807) is 0 Å². The van der Waals surface area contributed by atoms with Gasteiger partial charge in [0.15, 0.2) is 0 Å². The molecular weight excluding hydrogens is 234 g/mol. The van der Waals surface area contributed by atoms with Crippen molar-refractivity contribution in [1.29, 1.82) is 0 Å². The number of hydrogen-bond acceptors (Lipinski definition) is 3. The van der Waals surface area contributed by atoms with Crippen molar-refractivity contribution in [2.75, 3.05) is 32.7 Å². The fourth-order valence-corrected chi connectivity index (χ4v) is 4.14. The van der Waals surface area contributed by atoms with Crippen LogP contribution in [0.4, 0.5) is 0 Å². The normalized spacial score (nSPS) is 37.1. The summed E-state index contributed by atoms with van der Waals surface area (Å²) in [4.78, 5) is 5.57. The van der Waals surface area contributed by atoms with Gasteiger partial charge in [0.05, 0.1) is 0 Å². The van der Waals surface area contributed by atoms with Gasteiger partial charge in [0.25, 0.3) is 0 Å². The Balaban J connectivity index is 1.49. The Morgan fingerprint density at radius 2 is 1.84 bits per heavy atom. The molecule has 1 saturated carbocycles. The average molecular weight is 265 g/mol. The minimum atomic E-state index is 0.636. The topological polar surface area (TPSA) is 18.5 Å². The van der Waals surface area contributed by atoms with Crippen LogP contribution in [0, 0.1) is 5.92 Å². The zero-order valence-electron chi connectivity index (χ0n) is 12.8. The molecule has 0 spiro atoms. The maximum Gasteiger partial charge on any atom is 0.0223 e. The maximum absolute atomic E-state index is 3.64. The Kier molecular flexibility index (Phi) is 4.45. The van der Waals surface area contributed by atoms with Crippen LogP contribution in [0.1, 0.15) is 46.0 Å². The summed E-state index contributed by atoms with van der Waals surface area (Å²) >= 11 is 0. The van der Waals surface area contributed by atoms with Crippen LogP contribution in [0.15, 0.2) is 0 Å². The van der Waals surface area contributed by atoms with E-state index < -0.39 is 0 Å². The lowest BCUT2D eigenvalue weighted by molar-refractivity contribution is -0.0178. The van der Waals surface area contributed by atoms with E-state index in [-0.39, 0.29) is 0 Å². The lowest BCUT2D eigenvalue weighted by Crippen LogP contribution is -2.61. The molecule has 2 aliphatic heterocycles. The van der Waals surface area contributed by atoms with Crippen molar-refractivity contribution >= 4 is 0 Å². The van der Waals surface area contributed by atoms with E-state index in [0.717, 1.165) is 18.0 Å². The minimum Gasteiger partial charge on any atom is -0.314 e. The largest absolute Gasteiger partial charge is 0.314 e. The third-order valence-electron chi connectivity index (χ3n) is 5.50. The summed E-state index contributed by atoms with van der Waals surface area (Å²) in [7, 11) is 0. The van der Waals surface area contributed by atoms with Gasteiger partial charge in [-0.1, -0.05) is 20.3 Å². The first kappa shape index (κ1) is 13.8. The van der Waals surface area contributed by atoms with E-state index in [9.17, 15) is 0 Å². The summed E-state index contributed by atoms with van der Waals surface area (Å²) in [6, 6.07) is 2.40. The molecule has 19 heavy (non-hydrogen) atoms. The maximum atomic E-state index is 3.64. The molecule has 0 aromatic heterocycles. The van der Waals surface area contributed by atoms with Crippen LogP contribution in [-0.2, 0) is 0 Å². The molecule has 3 unspecified atom stereocenters. The van der Waals surface area contributed by atoms with E-state index in [4.69, 9.17) is 0 Å². The molecule has 0 radical (unpaired) electrons. The van der Waals surface area contributed by atoms with E-state index in [2.05, 4.69) is 29.0 Å². The van der Waals surface area contributed by atoms with Crippen molar-refractivity contribution in [2.24, 2.45) is 5.92 Å². The number of nitrogens with one attached hydrogen (secondary N) is 1. The fraction of sp³-hybridized carbons (Fsp3) is 1.00. The highest BCUT2D eigenvalue weighted by Gasteiger charge is 2.39. The number of piperazine rings is 1. The van der Waals surface area contributed by atoms with Gasteiger partial charge in [-0.25, -0.2) is 0 Å². The summed E-state index contributed by atoms with van der Waals surface area (Å²) in [5, 5.41) is 3.64.